The van der Waals surface area contributed by atoms with Crippen LogP contribution in [-0.2, 0) is 26.1 Å². The Hall–Kier alpha value is -4.26. The van der Waals surface area contributed by atoms with Gasteiger partial charge in [0.2, 0.25) is 21.1 Å². The number of anilines is 2. The largest absolute Gasteiger partial charge is 1.00 e. The summed E-state index contributed by atoms with van der Waals surface area (Å²) >= 11 is -2.88. The van der Waals surface area contributed by atoms with Crippen LogP contribution >= 0.6 is 0 Å². The minimum Gasteiger partial charge on any atom is -0.750 e. The minimum atomic E-state index is -4.92. The van der Waals surface area contributed by atoms with Gasteiger partial charge in [-0.1, -0.05) is 63.4 Å². The van der Waals surface area contributed by atoms with Gasteiger partial charge in [0, 0.05) is 57.2 Å². The summed E-state index contributed by atoms with van der Waals surface area (Å²) in [5.41, 5.74) is 18.7. The Balaban J connectivity index is 0.000000484. The Labute approximate surface area is 404 Å². The van der Waals surface area contributed by atoms with Gasteiger partial charge in [-0.25, -0.2) is 31.7 Å². The van der Waals surface area contributed by atoms with Crippen LogP contribution in [0.2, 0.25) is 0 Å². The summed E-state index contributed by atoms with van der Waals surface area (Å²) in [6.07, 6.45) is 0. The molecule has 7 N–H and O–H groups in total. The third kappa shape index (κ3) is 13.9. The zero-order valence-corrected chi connectivity index (χ0v) is 38.2. The summed E-state index contributed by atoms with van der Waals surface area (Å²) in [6, 6.07) is 32.2. The summed E-state index contributed by atoms with van der Waals surface area (Å²) in [5, 5.41) is 14.9. The van der Waals surface area contributed by atoms with Crippen LogP contribution in [0.1, 0.15) is 42.5 Å². The second-order valence-electron chi connectivity index (χ2n) is 12.5. The maximum atomic E-state index is 8.83. The summed E-state index contributed by atoms with van der Waals surface area (Å²) in [5.74, 6) is 1.56. The normalized spacial score (nSPS) is 11.0. The molecule has 2 aliphatic heterocycles. The van der Waals surface area contributed by atoms with Crippen LogP contribution in [0.5, 0.6) is 0 Å². The van der Waals surface area contributed by atoms with Crippen LogP contribution in [0.25, 0.3) is 66.7 Å². The molecule has 2 heterocycles. The number of nitrogens with two attached hydrogens (primary N) is 2. The van der Waals surface area contributed by atoms with Gasteiger partial charge in [-0.15, -0.1) is 0 Å². The molecule has 4 aromatic carbocycles. The van der Waals surface area contributed by atoms with Crippen molar-refractivity contribution in [1.29, 1.82) is 0 Å². The van der Waals surface area contributed by atoms with Gasteiger partial charge in [-0.3, -0.25) is 4.55 Å². The van der Waals surface area contributed by atoms with E-state index in [9.17, 15) is 0 Å². The van der Waals surface area contributed by atoms with Crippen molar-refractivity contribution in [2.45, 2.75) is 42.5 Å². The maximum Gasteiger partial charge on any atom is 1.00 e. The summed E-state index contributed by atoms with van der Waals surface area (Å²) in [6.45, 7) is 12.4. The predicted molar refractivity (Wildman–Crippen MR) is 237 cm³/mol. The zero-order chi connectivity index (χ0) is 42.1. The predicted octanol–water partition coefficient (Wildman–Crippen LogP) is 1.49. The second kappa shape index (κ2) is 25.1. The van der Waals surface area contributed by atoms with Crippen molar-refractivity contribution in [3.8, 4) is 22.9 Å². The number of hydrogen-bond acceptors (Lipinski definition) is 13. The Bertz CT molecular complexity index is 2760. The second-order valence-corrected chi connectivity index (χ2v) is 13.9. The van der Waals surface area contributed by atoms with Gasteiger partial charge in [0.25, 0.3) is 0 Å². The number of hydrogen-bond donors (Lipinski definition) is 3. The Kier molecular flexibility index (Phi) is 22.6. The van der Waals surface area contributed by atoms with Crippen molar-refractivity contribution in [2.75, 3.05) is 37.6 Å². The average molecular weight is 919 g/mol. The molecule has 4 aliphatic rings. The number of nitrogens with zero attached hydrogens (tertiary/aromatic N) is 4. The number of aromatic nitrogens is 2. The fraction of sp³-hybridized carbons (Fsp3) is 0.238. The molecule has 8 rings (SSSR count). The Morgan fingerprint density at radius 3 is 1.27 bits per heavy atom. The van der Waals surface area contributed by atoms with Gasteiger partial charge in [-0.2, -0.15) is 0 Å². The van der Waals surface area contributed by atoms with Crippen LogP contribution in [0.15, 0.2) is 106 Å². The quantitative estimate of drug-likeness (QED) is 0.0211. The van der Waals surface area contributed by atoms with Crippen LogP contribution in [-0.4, -0.2) is 67.9 Å². The van der Waals surface area contributed by atoms with E-state index in [1.165, 1.54) is 0 Å². The van der Waals surface area contributed by atoms with E-state index in [2.05, 4.69) is 65.4 Å². The zero-order valence-electron chi connectivity index (χ0n) is 33.4. The molecular weight excluding hydrogens is 868 g/mol. The summed E-state index contributed by atoms with van der Waals surface area (Å²) in [4.78, 5) is 9.66. The molecular formula is C42H51KN6O11S2. The molecule has 0 radical (unpaired) electrons. The molecule has 0 spiro atoms. The van der Waals surface area contributed by atoms with Crippen LogP contribution in [0.3, 0.4) is 0 Å². The molecule has 0 aromatic heterocycles. The first kappa shape index (κ1) is 55.8. The monoisotopic (exact) mass is 918 g/mol. The van der Waals surface area contributed by atoms with Crippen molar-refractivity contribution in [3.05, 3.63) is 108 Å². The van der Waals surface area contributed by atoms with Gasteiger partial charge in [0.15, 0.2) is 22.7 Å². The molecule has 62 heavy (non-hydrogen) atoms. The summed E-state index contributed by atoms with van der Waals surface area (Å²) < 4.78 is 69.8. The van der Waals surface area contributed by atoms with E-state index in [4.69, 9.17) is 61.8 Å². The number of fused-ring (bicyclic) bond motifs is 8. The van der Waals surface area contributed by atoms with Crippen LogP contribution < -0.4 is 88.0 Å². The third-order valence-corrected chi connectivity index (χ3v) is 9.24. The maximum absolute atomic E-state index is 8.83. The first-order valence-electron chi connectivity index (χ1n) is 18.0. The molecule has 4 aromatic rings. The SMILES string of the molecule is C.C.CC[N+](CC)=c1ccc2nc3c(cc(N)c4ccccc43)oc-2c1.CC[N+](CC)=c1ccc2nc3c(cc(N)c4ccccc43)oc-2c1.O.O=S(=O)([O-])O.O=S([O-])O[O-].[K+]. The smallest absolute Gasteiger partial charge is 0.750 e. The Morgan fingerprint density at radius 2 is 0.984 bits per heavy atom. The first-order valence-corrected chi connectivity index (χ1v) is 20.3. The van der Waals surface area contributed by atoms with E-state index in [0.29, 0.717) is 11.4 Å². The molecule has 0 bridgehead atoms. The van der Waals surface area contributed by atoms with E-state index in [0.717, 1.165) is 104 Å². The topological polar surface area (TPSA) is 291 Å². The van der Waals surface area contributed by atoms with Crippen molar-refractivity contribution in [3.63, 3.8) is 0 Å². The van der Waals surface area contributed by atoms with E-state index in [1.54, 1.807) is 0 Å². The molecule has 0 fully saturated rings. The number of benzene rings is 6. The summed E-state index contributed by atoms with van der Waals surface area (Å²) in [7, 11) is -4.92. The number of rotatable bonds is 5. The van der Waals surface area contributed by atoms with E-state index < -0.39 is 21.8 Å². The molecule has 0 amide bonds. The molecule has 0 saturated carbocycles. The molecule has 2 aliphatic carbocycles. The van der Waals surface area contributed by atoms with Crippen molar-refractivity contribution in [1.82, 2.24) is 19.1 Å². The van der Waals surface area contributed by atoms with E-state index in [1.807, 2.05) is 72.8 Å². The molecule has 1 unspecified atom stereocenters. The average Bonchev–Trinajstić information content (AvgIpc) is 3.20. The van der Waals surface area contributed by atoms with Crippen LogP contribution in [0.4, 0.5) is 11.4 Å². The van der Waals surface area contributed by atoms with Gasteiger partial charge in [-0.05, 0) is 39.8 Å². The van der Waals surface area contributed by atoms with Gasteiger partial charge < -0.3 is 44.5 Å². The fourth-order valence-electron chi connectivity index (χ4n) is 6.51. The van der Waals surface area contributed by atoms with Crippen molar-refractivity contribution in [2.24, 2.45) is 0 Å². The van der Waals surface area contributed by atoms with Crippen molar-refractivity contribution < 1.29 is 102 Å². The first-order chi connectivity index (χ1) is 27.7. The minimum absolute atomic E-state index is 0. The molecule has 0 saturated heterocycles. The van der Waals surface area contributed by atoms with E-state index in [-0.39, 0.29) is 71.7 Å². The van der Waals surface area contributed by atoms with Crippen molar-refractivity contribution >= 4 is 76.9 Å². The fourth-order valence-corrected chi connectivity index (χ4v) is 6.51. The molecule has 1 atom stereocenters. The molecule has 17 nitrogen and oxygen atoms in total. The Morgan fingerprint density at radius 1 is 0.677 bits per heavy atom. The number of nitrogen functional groups attached to an aromatic ring is 2. The van der Waals surface area contributed by atoms with Gasteiger partial charge >= 0.3 is 51.4 Å². The van der Waals surface area contributed by atoms with Gasteiger partial charge in [0.1, 0.15) is 48.6 Å². The molecule has 328 valence electrons. The standard InChI is InChI=1S/2C20H19N3O.2CH4.K.2H2O4S.H2O/c2*1-3-23(4-2)13-9-10-17-18(11-13)24-19-12-16(21)14-7-5-6-8-15(14)20(19)22-17;;;;1-5(2,3)4;1-4-5(2)3;/h2*5-12,21H,3-4H2,1-2H3;2*1H4;;(H2,1,2,3,4);1H,(H,2,3);1H2/q;;;;+1;;;/p-1. The molecule has 20 heteroatoms. The van der Waals surface area contributed by atoms with E-state index >= 15 is 0 Å². The third-order valence-electron chi connectivity index (χ3n) is 9.13. The van der Waals surface area contributed by atoms with Gasteiger partial charge in [0.05, 0.1) is 23.5 Å². The van der Waals surface area contributed by atoms with Crippen LogP contribution in [0, 0.1) is 0 Å².